The Morgan fingerprint density at radius 3 is 2.82 bits per heavy atom. The van der Waals surface area contributed by atoms with Gasteiger partial charge in [0.25, 0.3) is 0 Å². The molecule has 33 heavy (non-hydrogen) atoms. The van der Waals surface area contributed by atoms with E-state index in [2.05, 4.69) is 10.6 Å². The average Bonchev–Trinajstić information content (AvgIpc) is 2.96. The molecule has 0 radical (unpaired) electrons. The molecule has 0 aromatic carbocycles. The van der Waals surface area contributed by atoms with Crippen LogP contribution in [-0.4, -0.2) is 67.8 Å². The number of carbonyl (C=O) groups is 2. The third-order valence-electron chi connectivity index (χ3n) is 5.55. The number of halogens is 1. The quantitative estimate of drug-likeness (QED) is 0.281. The molecule has 0 bridgehead atoms. The summed E-state index contributed by atoms with van der Waals surface area (Å²) in [4.78, 5) is 26.5. The Balaban J connectivity index is 2.16. The van der Waals surface area contributed by atoms with Gasteiger partial charge in [-0.3, -0.25) is 14.6 Å². The van der Waals surface area contributed by atoms with E-state index in [4.69, 9.17) is 4.74 Å². The van der Waals surface area contributed by atoms with Crippen LogP contribution in [0.2, 0.25) is 0 Å². The fourth-order valence-electron chi connectivity index (χ4n) is 3.44. The van der Waals surface area contributed by atoms with Crippen molar-refractivity contribution in [3.8, 4) is 0 Å². The second kappa shape index (κ2) is 12.3. The predicted octanol–water partition coefficient (Wildman–Crippen LogP) is 3.57. The highest BCUT2D eigenvalue weighted by atomic mass is 19.1. The Hall–Kier alpha value is -2.97. The summed E-state index contributed by atoms with van der Waals surface area (Å²) in [6.07, 6.45) is 14.6. The van der Waals surface area contributed by atoms with Crippen molar-refractivity contribution in [2.75, 3.05) is 33.7 Å². The Bertz CT molecular complexity index is 899. The Kier molecular flexibility index (Phi) is 9.81. The van der Waals surface area contributed by atoms with Crippen LogP contribution < -0.4 is 10.6 Å². The fourth-order valence-corrected chi connectivity index (χ4v) is 3.44. The minimum atomic E-state index is -0.488. The topological polar surface area (TPSA) is 73.9 Å². The number of amides is 2. The van der Waals surface area contributed by atoms with Crippen LogP contribution in [0.3, 0.4) is 0 Å². The van der Waals surface area contributed by atoms with Gasteiger partial charge in [0.2, 0.25) is 6.41 Å². The number of allylic oxidation sites excluding steroid dienone is 9. The molecular weight excluding hydrogens is 423 g/mol. The number of carbonyl (C=O) groups excluding carboxylic acids is 2. The van der Waals surface area contributed by atoms with Crippen LogP contribution in [-0.2, 0) is 9.53 Å². The number of likely N-dealkylation sites (N-methyl/N-ethyl adjacent to an activating group) is 2. The summed E-state index contributed by atoms with van der Waals surface area (Å²) in [7, 11) is 3.72. The summed E-state index contributed by atoms with van der Waals surface area (Å²) in [5.74, 6) is -0.446. The zero-order valence-corrected chi connectivity index (χ0v) is 20.1. The first-order valence-corrected chi connectivity index (χ1v) is 11.0. The predicted molar refractivity (Wildman–Crippen MR) is 129 cm³/mol. The first-order valence-electron chi connectivity index (χ1n) is 11.0. The third kappa shape index (κ3) is 7.83. The van der Waals surface area contributed by atoms with E-state index in [1.807, 2.05) is 57.0 Å². The monoisotopic (exact) mass is 458 g/mol. The standard InChI is InChI=1S/C25H35FN4O3/c1-6-8-22(30-17-23(15-27-4)33-24(30)32)14-21(26)13-19-9-7-10-20(12-11-19)16-29(5)25(2,3)28-18-31/h6-8,10-14,18,23,27H,9,15-17H2,1-5H3,(H,28,31)/b8-6-,21-13-,22-14+. The Morgan fingerprint density at radius 2 is 2.15 bits per heavy atom. The SMILES string of the molecule is C\C=C/C(=C\C(F)=C\C1=CC=C(CN(C)C(C)(C)NC=O)C=CC1)N1CC(CNC)OC1=O. The van der Waals surface area contributed by atoms with Gasteiger partial charge in [-0.05, 0) is 70.7 Å². The van der Waals surface area contributed by atoms with Gasteiger partial charge in [0.1, 0.15) is 11.9 Å². The first-order chi connectivity index (χ1) is 15.7. The van der Waals surface area contributed by atoms with E-state index >= 15 is 0 Å². The van der Waals surface area contributed by atoms with Gasteiger partial charge in [-0.1, -0.05) is 30.4 Å². The highest BCUT2D eigenvalue weighted by molar-refractivity contribution is 5.73. The molecule has 0 aromatic rings. The number of hydrogen-bond acceptors (Lipinski definition) is 5. The van der Waals surface area contributed by atoms with Gasteiger partial charge in [0.05, 0.1) is 12.2 Å². The van der Waals surface area contributed by atoms with Gasteiger partial charge >= 0.3 is 6.09 Å². The number of cyclic esters (lactones) is 1. The molecule has 2 amide bonds. The van der Waals surface area contributed by atoms with E-state index in [-0.39, 0.29) is 6.10 Å². The van der Waals surface area contributed by atoms with E-state index in [0.29, 0.717) is 38.2 Å². The Morgan fingerprint density at radius 1 is 1.39 bits per heavy atom. The van der Waals surface area contributed by atoms with Crippen molar-refractivity contribution in [2.24, 2.45) is 0 Å². The van der Waals surface area contributed by atoms with Gasteiger partial charge in [-0.25, -0.2) is 9.18 Å². The van der Waals surface area contributed by atoms with E-state index in [9.17, 15) is 14.0 Å². The minimum absolute atomic E-state index is 0.272. The van der Waals surface area contributed by atoms with Crippen LogP contribution in [0, 0.1) is 0 Å². The third-order valence-corrected chi connectivity index (χ3v) is 5.55. The lowest BCUT2D eigenvalue weighted by Crippen LogP contribution is -2.52. The molecule has 1 fully saturated rings. The molecule has 1 aliphatic carbocycles. The number of nitrogens with zero attached hydrogens (tertiary/aromatic N) is 2. The van der Waals surface area contributed by atoms with Crippen LogP contribution in [0.4, 0.5) is 9.18 Å². The van der Waals surface area contributed by atoms with Crippen molar-refractivity contribution in [1.29, 1.82) is 0 Å². The summed E-state index contributed by atoms with van der Waals surface area (Å²) >= 11 is 0. The van der Waals surface area contributed by atoms with Crippen molar-refractivity contribution in [3.63, 3.8) is 0 Å². The van der Waals surface area contributed by atoms with E-state index in [1.165, 1.54) is 17.1 Å². The molecule has 1 atom stereocenters. The second-order valence-electron chi connectivity index (χ2n) is 8.54. The maximum absolute atomic E-state index is 14.9. The molecule has 1 saturated heterocycles. The summed E-state index contributed by atoms with van der Waals surface area (Å²) in [6.45, 7) is 7.19. The number of nitrogens with one attached hydrogen (secondary N) is 2. The van der Waals surface area contributed by atoms with Crippen LogP contribution in [0.25, 0.3) is 0 Å². The molecular formula is C25H35FN4O3. The van der Waals surface area contributed by atoms with Crippen molar-refractivity contribution in [3.05, 3.63) is 71.3 Å². The van der Waals surface area contributed by atoms with Crippen LogP contribution in [0.5, 0.6) is 0 Å². The maximum atomic E-state index is 14.9. The van der Waals surface area contributed by atoms with Crippen molar-refractivity contribution >= 4 is 12.5 Å². The van der Waals surface area contributed by atoms with Gasteiger partial charge in [-0.2, -0.15) is 0 Å². The molecule has 2 N–H and O–H groups in total. The maximum Gasteiger partial charge on any atom is 0.414 e. The molecule has 1 aliphatic heterocycles. The van der Waals surface area contributed by atoms with E-state index < -0.39 is 17.6 Å². The molecule has 0 aromatic heterocycles. The van der Waals surface area contributed by atoms with Gasteiger partial charge in [-0.15, -0.1) is 0 Å². The average molecular weight is 459 g/mol. The molecule has 2 rings (SSSR count). The lowest BCUT2D eigenvalue weighted by molar-refractivity contribution is -0.112. The van der Waals surface area contributed by atoms with Crippen molar-refractivity contribution < 1.29 is 18.7 Å². The highest BCUT2D eigenvalue weighted by Gasteiger charge is 2.32. The lowest BCUT2D eigenvalue weighted by Gasteiger charge is -2.35. The van der Waals surface area contributed by atoms with Crippen LogP contribution >= 0.6 is 0 Å². The van der Waals surface area contributed by atoms with Crippen LogP contribution in [0.15, 0.2) is 71.3 Å². The molecule has 180 valence electrons. The first kappa shape index (κ1) is 26.3. The second-order valence-corrected chi connectivity index (χ2v) is 8.54. The van der Waals surface area contributed by atoms with E-state index in [0.717, 1.165) is 11.1 Å². The molecule has 1 heterocycles. The van der Waals surface area contributed by atoms with E-state index in [1.54, 1.807) is 19.2 Å². The largest absolute Gasteiger partial charge is 0.443 e. The van der Waals surface area contributed by atoms with Crippen molar-refractivity contribution in [2.45, 2.75) is 39.0 Å². The molecule has 2 aliphatic rings. The Labute approximate surface area is 196 Å². The number of ether oxygens (including phenoxy) is 1. The van der Waals surface area contributed by atoms with Gasteiger partial charge in [0, 0.05) is 18.8 Å². The fraction of sp³-hybridized carbons (Fsp3) is 0.440. The number of rotatable bonds is 11. The molecule has 0 saturated carbocycles. The molecule has 1 unspecified atom stereocenters. The molecule has 8 heteroatoms. The zero-order valence-electron chi connectivity index (χ0n) is 20.1. The summed E-state index contributed by atoms with van der Waals surface area (Å²) in [5.41, 5.74) is 1.81. The zero-order chi connectivity index (χ0) is 24.4. The molecule has 7 nitrogen and oxygen atoms in total. The normalized spacial score (nSPS) is 20.2. The molecule has 0 spiro atoms. The lowest BCUT2D eigenvalue weighted by atomic mass is 10.1. The van der Waals surface area contributed by atoms with Crippen molar-refractivity contribution in [1.82, 2.24) is 20.4 Å². The highest BCUT2D eigenvalue weighted by Crippen LogP contribution is 2.22. The summed E-state index contributed by atoms with van der Waals surface area (Å²) in [5, 5.41) is 5.78. The smallest absolute Gasteiger partial charge is 0.414 e. The van der Waals surface area contributed by atoms with Gasteiger partial charge in [0.15, 0.2) is 0 Å². The number of hydrogen-bond donors (Lipinski definition) is 2. The van der Waals surface area contributed by atoms with Crippen LogP contribution in [0.1, 0.15) is 27.2 Å². The summed E-state index contributed by atoms with van der Waals surface area (Å²) < 4.78 is 20.2. The minimum Gasteiger partial charge on any atom is -0.443 e. The van der Waals surface area contributed by atoms with Gasteiger partial charge < -0.3 is 15.4 Å². The summed E-state index contributed by atoms with van der Waals surface area (Å²) in [6, 6.07) is 0.